The van der Waals surface area contributed by atoms with Crippen LogP contribution in [0.2, 0.25) is 0 Å². The molecule has 0 saturated carbocycles. The van der Waals surface area contributed by atoms with E-state index >= 15 is 0 Å². The van der Waals surface area contributed by atoms with E-state index in [2.05, 4.69) is 4.74 Å². The zero-order valence-corrected chi connectivity index (χ0v) is 7.03. The lowest BCUT2D eigenvalue weighted by molar-refractivity contribution is -0.153. The van der Waals surface area contributed by atoms with Crippen LogP contribution in [-0.4, -0.2) is 11.8 Å². The molecule has 3 heteroatoms. The molecule has 3 nitrogen and oxygen atoms in total. The molecule has 0 bridgehead atoms. The molecule has 1 aromatic rings. The molecule has 0 aliphatic heterocycles. The van der Waals surface area contributed by atoms with Gasteiger partial charge in [-0.15, -0.1) is 0 Å². The topological polar surface area (TPSA) is 43.4 Å². The van der Waals surface area contributed by atoms with Gasteiger partial charge in [-0.3, -0.25) is 4.79 Å². The summed E-state index contributed by atoms with van der Waals surface area (Å²) in [5, 5.41) is 0. The molecule has 0 spiro atoms. The molecule has 13 heavy (non-hydrogen) atoms. The third-order valence-electron chi connectivity index (χ3n) is 1.44. The Morgan fingerprint density at radius 1 is 1.38 bits per heavy atom. The molecule has 0 N–H and O–H groups in total. The molecule has 68 valence electrons. The summed E-state index contributed by atoms with van der Waals surface area (Å²) in [6.45, 7) is -0.487. The molecule has 0 amide bonds. The van der Waals surface area contributed by atoms with Crippen molar-refractivity contribution >= 4 is 11.8 Å². The predicted molar refractivity (Wildman–Crippen MR) is 46.9 cm³/mol. The zero-order chi connectivity index (χ0) is 10.4. The van der Waals surface area contributed by atoms with Crippen molar-refractivity contribution in [2.75, 3.05) is 0 Å². The number of esters is 1. The number of benzene rings is 1. The molecule has 0 aromatic heterocycles. The van der Waals surface area contributed by atoms with Crippen LogP contribution in [0.5, 0.6) is 0 Å². The van der Waals surface area contributed by atoms with Crippen LogP contribution in [0.25, 0.3) is 0 Å². The first kappa shape index (κ1) is 7.98. The Morgan fingerprint density at radius 2 is 2.08 bits per heavy atom. The summed E-state index contributed by atoms with van der Waals surface area (Å²) in [4.78, 5) is 21.5. The van der Waals surface area contributed by atoms with Crippen LogP contribution >= 0.6 is 0 Å². The molecule has 0 unspecified atom stereocenters. The number of carbonyl (C=O) groups excluding carboxylic acids is 2. The number of hydrogen-bond acceptors (Lipinski definition) is 3. The summed E-state index contributed by atoms with van der Waals surface area (Å²) in [5.74, 6) is -1.76. The summed E-state index contributed by atoms with van der Waals surface area (Å²) in [6, 6.07) is 9.06. The number of hydrogen-bond donors (Lipinski definition) is 0. The number of carbonyl (C=O) groups is 2. The van der Waals surface area contributed by atoms with Gasteiger partial charge in [0, 0.05) is 8.27 Å². The van der Waals surface area contributed by atoms with E-state index in [9.17, 15) is 9.59 Å². The van der Waals surface area contributed by atoms with Crippen molar-refractivity contribution in [3.05, 3.63) is 35.9 Å². The third kappa shape index (κ3) is 3.07. The minimum absolute atomic E-state index is 0.0748. The van der Waals surface area contributed by atoms with E-state index in [1.54, 1.807) is 12.1 Å². The number of ketones is 1. The van der Waals surface area contributed by atoms with E-state index in [1.165, 1.54) is 0 Å². The van der Waals surface area contributed by atoms with Gasteiger partial charge in [0.1, 0.15) is 6.61 Å². The molecule has 0 aliphatic carbocycles. The summed E-state index contributed by atoms with van der Waals surface area (Å²) in [5.41, 5.74) is 0.818. The lowest BCUT2D eigenvalue weighted by Crippen LogP contribution is -2.13. The first-order chi connectivity index (χ1) is 6.74. The Labute approximate surface area is 77.7 Å². The van der Waals surface area contributed by atoms with Crippen LogP contribution in [-0.2, 0) is 20.9 Å². The maximum atomic E-state index is 10.9. The first-order valence-corrected chi connectivity index (χ1v) is 3.77. The van der Waals surface area contributed by atoms with Crippen LogP contribution in [0, 0.1) is 0 Å². The van der Waals surface area contributed by atoms with E-state index in [0.717, 1.165) is 5.56 Å². The predicted octanol–water partition coefficient (Wildman–Crippen LogP) is 1.32. The lowest BCUT2D eigenvalue weighted by Gasteiger charge is -2.01. The highest BCUT2D eigenvalue weighted by Crippen LogP contribution is 2.00. The Kier molecular flexibility index (Phi) is 2.70. The summed E-state index contributed by atoms with van der Waals surface area (Å²) < 4.78 is 11.3. The van der Waals surface area contributed by atoms with Crippen molar-refractivity contribution in [3.8, 4) is 0 Å². The van der Waals surface area contributed by atoms with Gasteiger partial charge in [-0.05, 0) is 5.56 Å². The molecule has 1 rings (SSSR count). The molecule has 0 heterocycles. The van der Waals surface area contributed by atoms with Crippen molar-refractivity contribution in [1.82, 2.24) is 0 Å². The van der Waals surface area contributed by atoms with Gasteiger partial charge in [0.15, 0.2) is 0 Å². The van der Waals surface area contributed by atoms with E-state index in [4.69, 9.17) is 1.37 Å². The van der Waals surface area contributed by atoms with Crippen LogP contribution in [0.1, 0.15) is 13.8 Å². The van der Waals surface area contributed by atoms with Gasteiger partial charge in [0.05, 0.1) is 0 Å². The fourth-order valence-corrected chi connectivity index (χ4v) is 0.804. The van der Waals surface area contributed by atoms with Crippen molar-refractivity contribution in [2.45, 2.75) is 13.5 Å². The van der Waals surface area contributed by atoms with Gasteiger partial charge >= 0.3 is 5.97 Å². The largest absolute Gasteiger partial charge is 0.455 e. The van der Waals surface area contributed by atoms with Gasteiger partial charge < -0.3 is 4.74 Å². The van der Waals surface area contributed by atoms with Gasteiger partial charge in [-0.2, -0.15) is 0 Å². The third-order valence-corrected chi connectivity index (χ3v) is 1.44. The highest BCUT2D eigenvalue weighted by molar-refractivity contribution is 6.32. The highest BCUT2D eigenvalue weighted by atomic mass is 16.5. The molecule has 0 aliphatic rings. The van der Waals surface area contributed by atoms with Crippen LogP contribution in [0.3, 0.4) is 0 Å². The highest BCUT2D eigenvalue weighted by Gasteiger charge is 2.07. The van der Waals surface area contributed by atoms with Crippen molar-refractivity contribution in [3.63, 3.8) is 0 Å². The molecular weight excluding hydrogens is 168 g/mol. The second-order valence-corrected chi connectivity index (χ2v) is 2.48. The van der Waals surface area contributed by atoms with Crippen molar-refractivity contribution in [2.24, 2.45) is 0 Å². The normalized spacial score (nSPS) is 10.3. The Balaban J connectivity index is 2.42. The molecule has 0 atom stereocenters. The summed E-state index contributed by atoms with van der Waals surface area (Å²) >= 11 is 0. The number of Topliss-reactive ketones (excluding diaryl/α,β-unsaturated/α-hetero) is 1. The quantitative estimate of drug-likeness (QED) is 0.519. The fraction of sp³-hybridized carbons (Fsp3) is 0.200. The van der Waals surface area contributed by atoms with Gasteiger partial charge in [-0.25, -0.2) is 4.79 Å². The minimum atomic E-state index is -0.941. The van der Waals surface area contributed by atoms with Gasteiger partial charge in [-0.1, -0.05) is 30.3 Å². The van der Waals surface area contributed by atoms with Crippen LogP contribution in [0.15, 0.2) is 30.3 Å². The maximum Gasteiger partial charge on any atom is 0.374 e. The standard InChI is InChI=1S/C10H10O3/c1-8(11)10(12)13-7-9-5-3-2-4-6-9/h2-6H,7H2,1H3/i1D. The van der Waals surface area contributed by atoms with Crippen molar-refractivity contribution < 1.29 is 15.7 Å². The van der Waals surface area contributed by atoms with Crippen molar-refractivity contribution in [1.29, 1.82) is 0 Å². The zero-order valence-electron chi connectivity index (χ0n) is 8.03. The van der Waals surface area contributed by atoms with E-state index < -0.39 is 18.7 Å². The smallest absolute Gasteiger partial charge is 0.374 e. The summed E-state index contributed by atoms with van der Waals surface area (Å²) in [7, 11) is 0. The van der Waals surface area contributed by atoms with E-state index in [-0.39, 0.29) is 6.61 Å². The Bertz CT molecular complexity index is 321. The monoisotopic (exact) mass is 179 g/mol. The van der Waals surface area contributed by atoms with Crippen LogP contribution in [0.4, 0.5) is 0 Å². The number of ether oxygens (including phenoxy) is 1. The second kappa shape index (κ2) is 4.40. The minimum Gasteiger partial charge on any atom is -0.455 e. The lowest BCUT2D eigenvalue weighted by atomic mass is 10.2. The van der Waals surface area contributed by atoms with Crippen LogP contribution < -0.4 is 0 Å². The second-order valence-electron chi connectivity index (χ2n) is 2.48. The average Bonchev–Trinajstić information content (AvgIpc) is 2.26. The molecule has 0 fully saturated rings. The van der Waals surface area contributed by atoms with E-state index in [1.807, 2.05) is 18.2 Å². The van der Waals surface area contributed by atoms with E-state index in [0.29, 0.717) is 0 Å². The molecule has 0 saturated heterocycles. The first-order valence-electron chi connectivity index (χ1n) is 4.48. The number of rotatable bonds is 3. The Morgan fingerprint density at radius 3 is 2.69 bits per heavy atom. The molecular formula is C10H10O3. The molecule has 1 aromatic carbocycles. The van der Waals surface area contributed by atoms with Gasteiger partial charge in [0.2, 0.25) is 5.78 Å². The Hall–Kier alpha value is -1.64. The average molecular weight is 179 g/mol. The molecule has 0 radical (unpaired) electrons. The maximum absolute atomic E-state index is 10.9. The summed E-state index contributed by atoms with van der Waals surface area (Å²) in [6.07, 6.45) is 0. The fourth-order valence-electron chi connectivity index (χ4n) is 0.804. The van der Waals surface area contributed by atoms with Gasteiger partial charge in [0.25, 0.3) is 0 Å². The SMILES string of the molecule is [2H]CC(=O)C(=O)OCc1ccccc1.